The number of rotatable bonds is 1. The van der Waals surface area contributed by atoms with Crippen molar-refractivity contribution in [2.45, 2.75) is 6.18 Å². The fourth-order valence-corrected chi connectivity index (χ4v) is 1.53. The second-order valence-electron chi connectivity index (χ2n) is 3.51. The molecule has 0 amide bonds. The standard InChI is InChI=1S/C11H6ClF3N2O/c12-8-5-9(16-17-10(8)18)6-2-1-3-7(4-6)11(13,14)15/h1-5H,(H,17,18). The first kappa shape index (κ1) is 12.6. The van der Waals surface area contributed by atoms with Crippen LogP contribution in [0.5, 0.6) is 0 Å². The Hall–Kier alpha value is -1.82. The van der Waals surface area contributed by atoms with E-state index < -0.39 is 17.3 Å². The van der Waals surface area contributed by atoms with E-state index in [0.717, 1.165) is 12.1 Å². The molecule has 2 aromatic rings. The summed E-state index contributed by atoms with van der Waals surface area (Å²) in [5, 5.41) is 5.62. The van der Waals surface area contributed by atoms with Crippen molar-refractivity contribution in [1.29, 1.82) is 0 Å². The van der Waals surface area contributed by atoms with Crippen molar-refractivity contribution in [1.82, 2.24) is 10.2 Å². The van der Waals surface area contributed by atoms with Gasteiger partial charge in [-0.05, 0) is 18.2 Å². The van der Waals surface area contributed by atoms with E-state index in [-0.39, 0.29) is 16.3 Å². The van der Waals surface area contributed by atoms with E-state index in [9.17, 15) is 18.0 Å². The normalized spacial score (nSPS) is 11.6. The zero-order chi connectivity index (χ0) is 13.3. The van der Waals surface area contributed by atoms with Crippen LogP contribution in [0.4, 0.5) is 13.2 Å². The van der Waals surface area contributed by atoms with Gasteiger partial charge < -0.3 is 0 Å². The van der Waals surface area contributed by atoms with Crippen molar-refractivity contribution in [3.05, 3.63) is 51.3 Å². The number of H-pyrrole nitrogens is 1. The van der Waals surface area contributed by atoms with Crippen LogP contribution in [-0.2, 0) is 6.18 Å². The van der Waals surface area contributed by atoms with Gasteiger partial charge in [0.2, 0.25) is 0 Å². The van der Waals surface area contributed by atoms with Gasteiger partial charge in [-0.25, -0.2) is 5.10 Å². The Morgan fingerprint density at radius 2 is 1.94 bits per heavy atom. The lowest BCUT2D eigenvalue weighted by atomic mass is 10.1. The second kappa shape index (κ2) is 4.45. The molecule has 2 rings (SSSR count). The summed E-state index contributed by atoms with van der Waals surface area (Å²) in [6.45, 7) is 0. The van der Waals surface area contributed by atoms with Gasteiger partial charge >= 0.3 is 6.18 Å². The van der Waals surface area contributed by atoms with Crippen molar-refractivity contribution < 1.29 is 13.2 Å². The molecular formula is C11H6ClF3N2O. The zero-order valence-electron chi connectivity index (χ0n) is 8.75. The average molecular weight is 275 g/mol. The molecule has 0 saturated heterocycles. The van der Waals surface area contributed by atoms with Crippen LogP contribution in [-0.4, -0.2) is 10.2 Å². The molecule has 7 heteroatoms. The largest absolute Gasteiger partial charge is 0.416 e. The maximum absolute atomic E-state index is 12.5. The van der Waals surface area contributed by atoms with Crippen LogP contribution < -0.4 is 5.56 Å². The lowest BCUT2D eigenvalue weighted by Gasteiger charge is -2.08. The maximum Gasteiger partial charge on any atom is 0.416 e. The van der Waals surface area contributed by atoms with E-state index in [1.54, 1.807) is 0 Å². The third kappa shape index (κ3) is 2.53. The van der Waals surface area contributed by atoms with Crippen LogP contribution in [0.15, 0.2) is 35.1 Å². The molecule has 94 valence electrons. The molecule has 18 heavy (non-hydrogen) atoms. The number of aromatic nitrogens is 2. The second-order valence-corrected chi connectivity index (χ2v) is 3.92. The van der Waals surface area contributed by atoms with Gasteiger partial charge in [-0.2, -0.15) is 18.3 Å². The summed E-state index contributed by atoms with van der Waals surface area (Å²) in [6, 6.07) is 5.83. The van der Waals surface area contributed by atoms with Gasteiger partial charge in [0, 0.05) is 5.56 Å². The molecule has 1 heterocycles. The summed E-state index contributed by atoms with van der Waals surface area (Å²) in [7, 11) is 0. The molecule has 0 bridgehead atoms. The minimum Gasteiger partial charge on any atom is -0.266 e. The van der Waals surface area contributed by atoms with E-state index in [4.69, 9.17) is 11.6 Å². The lowest BCUT2D eigenvalue weighted by molar-refractivity contribution is -0.137. The van der Waals surface area contributed by atoms with E-state index >= 15 is 0 Å². The summed E-state index contributed by atoms with van der Waals surface area (Å²) in [5.74, 6) is 0. The van der Waals surface area contributed by atoms with Crippen LogP contribution >= 0.6 is 11.6 Å². The summed E-state index contributed by atoms with van der Waals surface area (Å²) >= 11 is 5.59. The molecule has 0 fully saturated rings. The lowest BCUT2D eigenvalue weighted by Crippen LogP contribution is -2.09. The molecule has 0 aliphatic carbocycles. The number of nitrogens with zero attached hydrogens (tertiary/aromatic N) is 1. The van der Waals surface area contributed by atoms with E-state index in [1.807, 2.05) is 0 Å². The van der Waals surface area contributed by atoms with Crippen molar-refractivity contribution in [3.63, 3.8) is 0 Å². The molecule has 3 nitrogen and oxygen atoms in total. The van der Waals surface area contributed by atoms with Gasteiger partial charge in [0.1, 0.15) is 5.02 Å². The summed E-state index contributed by atoms with van der Waals surface area (Å²) in [6.07, 6.45) is -4.43. The number of halogens is 4. The molecule has 1 aromatic carbocycles. The third-order valence-electron chi connectivity index (χ3n) is 2.24. The molecule has 0 aliphatic heterocycles. The molecule has 0 radical (unpaired) electrons. The quantitative estimate of drug-likeness (QED) is 0.868. The Labute approximate surface area is 104 Å². The molecule has 0 spiro atoms. The fraction of sp³-hybridized carbons (Fsp3) is 0.0909. The highest BCUT2D eigenvalue weighted by atomic mass is 35.5. The summed E-state index contributed by atoms with van der Waals surface area (Å²) in [5.41, 5.74) is -0.981. The van der Waals surface area contributed by atoms with Gasteiger partial charge in [0.15, 0.2) is 0 Å². The van der Waals surface area contributed by atoms with Crippen LogP contribution in [0.25, 0.3) is 11.3 Å². The van der Waals surface area contributed by atoms with Gasteiger partial charge in [-0.15, -0.1) is 0 Å². The molecule has 1 aromatic heterocycles. The first-order valence-corrected chi connectivity index (χ1v) is 5.18. The zero-order valence-corrected chi connectivity index (χ0v) is 9.51. The van der Waals surface area contributed by atoms with Crippen LogP contribution in [0.2, 0.25) is 5.02 Å². The van der Waals surface area contributed by atoms with Crippen LogP contribution in [0.1, 0.15) is 5.56 Å². The highest BCUT2D eigenvalue weighted by Gasteiger charge is 2.30. The Balaban J connectivity index is 2.51. The first-order valence-electron chi connectivity index (χ1n) is 4.81. The van der Waals surface area contributed by atoms with E-state index in [2.05, 4.69) is 10.2 Å². The van der Waals surface area contributed by atoms with Crippen molar-refractivity contribution in [3.8, 4) is 11.3 Å². The van der Waals surface area contributed by atoms with Crippen LogP contribution in [0.3, 0.4) is 0 Å². The third-order valence-corrected chi connectivity index (χ3v) is 2.52. The van der Waals surface area contributed by atoms with Gasteiger partial charge in [-0.3, -0.25) is 4.79 Å². The maximum atomic E-state index is 12.5. The highest BCUT2D eigenvalue weighted by Crippen LogP contribution is 2.31. The number of benzene rings is 1. The molecular weight excluding hydrogens is 269 g/mol. The Kier molecular flexibility index (Phi) is 3.13. The fourth-order valence-electron chi connectivity index (χ4n) is 1.38. The Morgan fingerprint density at radius 3 is 2.56 bits per heavy atom. The summed E-state index contributed by atoms with van der Waals surface area (Å²) < 4.78 is 37.6. The van der Waals surface area contributed by atoms with E-state index in [1.165, 1.54) is 18.2 Å². The minimum atomic E-state index is -4.43. The van der Waals surface area contributed by atoms with E-state index in [0.29, 0.717) is 0 Å². The van der Waals surface area contributed by atoms with Crippen molar-refractivity contribution in [2.75, 3.05) is 0 Å². The number of aromatic amines is 1. The van der Waals surface area contributed by atoms with Gasteiger partial charge in [0.05, 0.1) is 11.3 Å². The van der Waals surface area contributed by atoms with Crippen LogP contribution in [0, 0.1) is 0 Å². The SMILES string of the molecule is O=c1[nH]nc(-c2cccc(C(F)(F)F)c2)cc1Cl. The Bertz CT molecular complexity index is 637. The minimum absolute atomic E-state index is 0.127. The number of alkyl halides is 3. The molecule has 0 aliphatic rings. The molecule has 1 N–H and O–H groups in total. The van der Waals surface area contributed by atoms with Crippen molar-refractivity contribution >= 4 is 11.6 Å². The Morgan fingerprint density at radius 1 is 1.22 bits per heavy atom. The highest BCUT2D eigenvalue weighted by molar-refractivity contribution is 6.30. The number of nitrogens with one attached hydrogen (secondary N) is 1. The predicted octanol–water partition coefficient (Wildman–Crippen LogP) is 3.11. The predicted molar refractivity (Wildman–Crippen MR) is 60.3 cm³/mol. The average Bonchev–Trinajstić information content (AvgIpc) is 2.32. The smallest absolute Gasteiger partial charge is 0.266 e. The molecule has 0 unspecified atom stereocenters. The monoisotopic (exact) mass is 274 g/mol. The van der Waals surface area contributed by atoms with Gasteiger partial charge in [0.25, 0.3) is 5.56 Å². The molecule has 0 saturated carbocycles. The topological polar surface area (TPSA) is 45.8 Å². The van der Waals surface area contributed by atoms with Gasteiger partial charge in [-0.1, -0.05) is 23.7 Å². The molecule has 0 atom stereocenters. The number of hydrogen-bond acceptors (Lipinski definition) is 2. The number of hydrogen-bond donors (Lipinski definition) is 1. The summed E-state index contributed by atoms with van der Waals surface area (Å²) in [4.78, 5) is 11.0. The first-order chi connectivity index (χ1) is 8.38. The van der Waals surface area contributed by atoms with Crippen molar-refractivity contribution in [2.24, 2.45) is 0 Å².